The minimum Gasteiger partial charge on any atom is -0.305 e. The van der Waals surface area contributed by atoms with E-state index in [0.29, 0.717) is 13.0 Å². The molecule has 0 atom stereocenters. The quantitative estimate of drug-likeness (QED) is 0.857. The van der Waals surface area contributed by atoms with Crippen molar-refractivity contribution in [3.63, 3.8) is 0 Å². The lowest BCUT2D eigenvalue weighted by Gasteiger charge is -2.21. The molecule has 0 amide bonds. The Labute approximate surface area is 131 Å². The topological polar surface area (TPSA) is 24.3 Å². The fraction of sp³-hybridized carbons (Fsp3) is 0.471. The van der Waals surface area contributed by atoms with Crippen LogP contribution < -0.4 is 0 Å². The molecule has 0 N–H and O–H groups in total. The van der Waals surface area contributed by atoms with Gasteiger partial charge in [-0.25, -0.2) is 9.07 Å². The van der Waals surface area contributed by atoms with Crippen LogP contribution in [-0.4, -0.2) is 59.4 Å². The van der Waals surface area contributed by atoms with Gasteiger partial charge in [-0.2, -0.15) is 5.10 Å². The lowest BCUT2D eigenvalue weighted by atomic mass is 10.2. The molecule has 0 radical (unpaired) electrons. The van der Waals surface area contributed by atoms with Crippen LogP contribution in [0.3, 0.4) is 0 Å². The Balaban J connectivity index is 1.71. The third kappa shape index (κ3) is 3.72. The van der Waals surface area contributed by atoms with Gasteiger partial charge in [0.1, 0.15) is 5.83 Å². The molecule has 0 unspecified atom stereocenters. The summed E-state index contributed by atoms with van der Waals surface area (Å²) in [5, 5.41) is 4.22. The van der Waals surface area contributed by atoms with Crippen LogP contribution in [0.2, 0.25) is 0 Å². The molecule has 2 aliphatic rings. The van der Waals surface area contributed by atoms with E-state index in [1.807, 2.05) is 24.4 Å². The number of hydrogen-bond donors (Lipinski definition) is 0. The zero-order chi connectivity index (χ0) is 15.4. The first-order chi connectivity index (χ1) is 10.7. The lowest BCUT2D eigenvalue weighted by molar-refractivity contribution is 0.294. The Kier molecular flexibility index (Phi) is 4.85. The smallest absolute Gasteiger partial charge is 0.124 e. The third-order valence-corrected chi connectivity index (χ3v) is 4.28. The molecule has 0 spiro atoms. The second-order valence-corrected chi connectivity index (χ2v) is 5.99. The van der Waals surface area contributed by atoms with E-state index in [1.165, 1.54) is 0 Å². The fourth-order valence-electron chi connectivity index (χ4n) is 2.91. The van der Waals surface area contributed by atoms with Gasteiger partial charge in [0.05, 0.1) is 0 Å². The van der Waals surface area contributed by atoms with Crippen molar-refractivity contribution >= 4 is 5.70 Å². The van der Waals surface area contributed by atoms with Crippen LogP contribution in [-0.2, 0) is 0 Å². The number of nitrogens with zero attached hydrogens (tertiary/aromatic N) is 4. The van der Waals surface area contributed by atoms with E-state index >= 15 is 0 Å². The molecule has 1 aliphatic heterocycles. The molecule has 0 bridgehead atoms. The van der Waals surface area contributed by atoms with Gasteiger partial charge in [0.15, 0.2) is 0 Å². The highest BCUT2D eigenvalue weighted by Crippen LogP contribution is 2.22. The van der Waals surface area contributed by atoms with Crippen molar-refractivity contribution in [2.75, 3.05) is 39.8 Å². The third-order valence-electron chi connectivity index (χ3n) is 4.28. The number of aromatic nitrogens is 2. The van der Waals surface area contributed by atoms with Crippen molar-refractivity contribution in [1.29, 1.82) is 0 Å². The highest BCUT2D eigenvalue weighted by molar-refractivity contribution is 5.53. The normalized spacial score (nSPS) is 21.6. The average molecular weight is 302 g/mol. The zero-order valence-corrected chi connectivity index (χ0v) is 13.1. The van der Waals surface area contributed by atoms with Crippen LogP contribution in [0.1, 0.15) is 12.8 Å². The van der Waals surface area contributed by atoms with Gasteiger partial charge < -0.3 is 4.90 Å². The van der Waals surface area contributed by atoms with Gasteiger partial charge in [-0.15, -0.1) is 0 Å². The van der Waals surface area contributed by atoms with Gasteiger partial charge >= 0.3 is 0 Å². The van der Waals surface area contributed by atoms with Gasteiger partial charge in [-0.05, 0) is 44.8 Å². The Bertz CT molecular complexity index is 586. The largest absolute Gasteiger partial charge is 0.305 e. The van der Waals surface area contributed by atoms with Crippen molar-refractivity contribution in [2.24, 2.45) is 0 Å². The average Bonchev–Trinajstić information content (AvgIpc) is 2.89. The summed E-state index contributed by atoms with van der Waals surface area (Å²) in [5.41, 5.74) is 1.76. The molecule has 4 nitrogen and oxygen atoms in total. The second-order valence-electron chi connectivity index (χ2n) is 5.99. The summed E-state index contributed by atoms with van der Waals surface area (Å²) in [6, 6.07) is 1.88. The van der Waals surface area contributed by atoms with Crippen molar-refractivity contribution in [3.8, 4) is 0 Å². The Hall–Kier alpha value is -1.72. The SMILES string of the molecule is CN1CCCN(CC2=CC=C(n3cccn3)CC=C2F)CC1. The maximum atomic E-state index is 14.3. The fourth-order valence-corrected chi connectivity index (χ4v) is 2.91. The number of likely N-dealkylation sites (N-methyl/N-ethyl adjacent to an activating group) is 1. The van der Waals surface area contributed by atoms with Gasteiger partial charge in [0.2, 0.25) is 0 Å². The van der Waals surface area contributed by atoms with Crippen molar-refractivity contribution in [1.82, 2.24) is 19.6 Å². The maximum Gasteiger partial charge on any atom is 0.124 e. The van der Waals surface area contributed by atoms with Crippen LogP contribution in [0.25, 0.3) is 5.70 Å². The first-order valence-electron chi connectivity index (χ1n) is 7.89. The Morgan fingerprint density at radius 3 is 2.91 bits per heavy atom. The number of allylic oxidation sites excluding steroid dienone is 4. The maximum absolute atomic E-state index is 14.3. The monoisotopic (exact) mass is 302 g/mol. The Morgan fingerprint density at radius 1 is 1.18 bits per heavy atom. The van der Waals surface area contributed by atoms with Crippen molar-refractivity contribution in [2.45, 2.75) is 12.8 Å². The molecule has 1 fully saturated rings. The molecule has 1 aromatic rings. The predicted molar refractivity (Wildman–Crippen MR) is 86.9 cm³/mol. The highest BCUT2D eigenvalue weighted by atomic mass is 19.1. The van der Waals surface area contributed by atoms with Crippen molar-refractivity contribution < 1.29 is 4.39 Å². The molecule has 2 heterocycles. The zero-order valence-electron chi connectivity index (χ0n) is 13.1. The van der Waals surface area contributed by atoms with E-state index in [2.05, 4.69) is 21.9 Å². The molecule has 3 rings (SSSR count). The van der Waals surface area contributed by atoms with Crippen LogP contribution >= 0.6 is 0 Å². The van der Waals surface area contributed by atoms with Gasteiger partial charge in [-0.3, -0.25) is 4.90 Å². The van der Waals surface area contributed by atoms with E-state index in [1.54, 1.807) is 17.0 Å². The number of rotatable bonds is 3. The van der Waals surface area contributed by atoms with E-state index < -0.39 is 0 Å². The standard InChI is InChI=1S/C17H23FN4/c1-20-9-3-10-21(13-12-20)14-15-4-5-16(6-7-17(15)18)22-11-2-8-19-22/h2,4-5,7-8,11H,3,6,9-10,12-14H2,1H3. The highest BCUT2D eigenvalue weighted by Gasteiger charge is 2.16. The molecular formula is C17H23FN4. The summed E-state index contributed by atoms with van der Waals surface area (Å²) < 4.78 is 16.1. The van der Waals surface area contributed by atoms with Gasteiger partial charge in [-0.1, -0.05) is 6.08 Å². The number of halogens is 1. The van der Waals surface area contributed by atoms with Crippen LogP contribution in [0.4, 0.5) is 4.39 Å². The molecule has 1 saturated heterocycles. The first kappa shape index (κ1) is 15.2. The lowest BCUT2D eigenvalue weighted by Crippen LogP contribution is -2.30. The molecule has 1 aliphatic carbocycles. The molecule has 1 aromatic heterocycles. The van der Waals surface area contributed by atoms with Gasteiger partial charge in [0, 0.05) is 49.7 Å². The molecule has 0 saturated carbocycles. The Morgan fingerprint density at radius 2 is 2.09 bits per heavy atom. The second kappa shape index (κ2) is 7.03. The summed E-state index contributed by atoms with van der Waals surface area (Å²) in [5.74, 6) is -0.101. The van der Waals surface area contributed by atoms with Gasteiger partial charge in [0.25, 0.3) is 0 Å². The molecule has 22 heavy (non-hydrogen) atoms. The molecular weight excluding hydrogens is 279 g/mol. The predicted octanol–water partition coefficient (Wildman–Crippen LogP) is 2.55. The molecule has 118 valence electrons. The summed E-state index contributed by atoms with van der Waals surface area (Å²) in [4.78, 5) is 4.68. The summed E-state index contributed by atoms with van der Waals surface area (Å²) in [6.45, 7) is 4.88. The van der Waals surface area contributed by atoms with Crippen LogP contribution in [0.5, 0.6) is 0 Å². The summed E-state index contributed by atoms with van der Waals surface area (Å²) in [6.07, 6.45) is 10.9. The van der Waals surface area contributed by atoms with E-state index in [4.69, 9.17) is 0 Å². The van der Waals surface area contributed by atoms with Crippen LogP contribution in [0.15, 0.2) is 48.1 Å². The first-order valence-corrected chi connectivity index (χ1v) is 7.89. The molecule has 0 aromatic carbocycles. The van der Waals surface area contributed by atoms with E-state index in [0.717, 1.165) is 43.9 Å². The minimum absolute atomic E-state index is 0.101. The van der Waals surface area contributed by atoms with Crippen LogP contribution in [0, 0.1) is 0 Å². The summed E-state index contributed by atoms with van der Waals surface area (Å²) in [7, 11) is 2.15. The van der Waals surface area contributed by atoms with E-state index in [-0.39, 0.29) is 5.83 Å². The van der Waals surface area contributed by atoms with Crippen molar-refractivity contribution in [3.05, 3.63) is 48.1 Å². The van der Waals surface area contributed by atoms with E-state index in [9.17, 15) is 4.39 Å². The minimum atomic E-state index is -0.101. The summed E-state index contributed by atoms with van der Waals surface area (Å²) >= 11 is 0. The number of hydrogen-bond acceptors (Lipinski definition) is 3. The molecule has 5 heteroatoms.